The monoisotopic (exact) mass is 498 g/mol. The molecule has 3 heterocycles. The van der Waals surface area contributed by atoms with Crippen LogP contribution in [-0.2, 0) is 19.6 Å². The maximum Gasteiger partial charge on any atom is 0.338 e. The molecule has 1 N–H and O–H groups in total. The Morgan fingerprint density at radius 2 is 2.22 bits per heavy atom. The lowest BCUT2D eigenvalue weighted by Gasteiger charge is -2.31. The predicted molar refractivity (Wildman–Crippen MR) is 120 cm³/mol. The standard InChI is InChI=1S/C20H20ClFN4O4S2/c1-3-30-20(27)16-15-9-12(25-32(2,28)29)10-26(15)18(19-23-6-7-31-19)24-17(16)13-5-4-11(22)8-14(13)21/h4-8,12,17,25H,3,9-10H2,1-2H3/t12-,17-/m0/s1. The number of hydrogen-bond acceptors (Lipinski definition) is 8. The minimum absolute atomic E-state index is 0.122. The molecule has 8 nitrogen and oxygen atoms in total. The number of ether oxygens (including phenoxy) is 1. The first-order valence-electron chi connectivity index (χ1n) is 9.75. The van der Waals surface area contributed by atoms with Crippen LogP contribution < -0.4 is 4.72 Å². The van der Waals surface area contributed by atoms with Gasteiger partial charge in [0.15, 0.2) is 10.8 Å². The highest BCUT2D eigenvalue weighted by molar-refractivity contribution is 7.88. The van der Waals surface area contributed by atoms with Crippen molar-refractivity contribution < 1.29 is 22.3 Å². The SMILES string of the molecule is CCOC(=O)C1=C2C[C@H](NS(C)(=O)=O)CN2C(c2nccs2)=N[C@H]1c1ccc(F)cc1Cl. The van der Waals surface area contributed by atoms with E-state index in [0.29, 0.717) is 22.1 Å². The number of esters is 1. The lowest BCUT2D eigenvalue weighted by Crippen LogP contribution is -2.39. The molecule has 1 aromatic carbocycles. The van der Waals surface area contributed by atoms with Crippen molar-refractivity contribution in [2.45, 2.75) is 25.4 Å². The summed E-state index contributed by atoms with van der Waals surface area (Å²) in [5.74, 6) is -0.602. The Balaban J connectivity index is 1.89. The van der Waals surface area contributed by atoms with Crippen molar-refractivity contribution >= 4 is 44.8 Å². The third-order valence-electron chi connectivity index (χ3n) is 5.02. The molecule has 0 saturated carbocycles. The number of fused-ring (bicyclic) bond motifs is 1. The van der Waals surface area contributed by atoms with Crippen molar-refractivity contribution in [3.63, 3.8) is 0 Å². The molecule has 2 aliphatic heterocycles. The van der Waals surface area contributed by atoms with Crippen LogP contribution in [0.4, 0.5) is 4.39 Å². The van der Waals surface area contributed by atoms with Crippen LogP contribution in [0.15, 0.2) is 46.0 Å². The molecule has 0 radical (unpaired) electrons. The maximum absolute atomic E-state index is 13.7. The summed E-state index contributed by atoms with van der Waals surface area (Å²) in [5, 5.41) is 2.52. The van der Waals surface area contributed by atoms with Crippen molar-refractivity contribution in [1.29, 1.82) is 0 Å². The highest BCUT2D eigenvalue weighted by Crippen LogP contribution is 2.42. The number of halogens is 2. The van der Waals surface area contributed by atoms with Crippen LogP contribution in [0, 0.1) is 5.82 Å². The Morgan fingerprint density at radius 1 is 1.44 bits per heavy atom. The van der Waals surface area contributed by atoms with E-state index in [1.807, 2.05) is 0 Å². The van der Waals surface area contributed by atoms with Crippen LogP contribution in [0.3, 0.4) is 0 Å². The van der Waals surface area contributed by atoms with Gasteiger partial charge in [0.25, 0.3) is 0 Å². The lowest BCUT2D eigenvalue weighted by atomic mass is 9.94. The van der Waals surface area contributed by atoms with Crippen molar-refractivity contribution in [2.24, 2.45) is 4.99 Å². The highest BCUT2D eigenvalue weighted by Gasteiger charge is 2.43. The van der Waals surface area contributed by atoms with Crippen molar-refractivity contribution in [1.82, 2.24) is 14.6 Å². The summed E-state index contributed by atoms with van der Waals surface area (Å²) in [6.45, 7) is 2.11. The summed E-state index contributed by atoms with van der Waals surface area (Å²) in [4.78, 5) is 24.0. The summed E-state index contributed by atoms with van der Waals surface area (Å²) in [5.41, 5.74) is 1.27. The number of carbonyl (C=O) groups is 1. The van der Waals surface area contributed by atoms with Gasteiger partial charge in [-0.1, -0.05) is 17.7 Å². The molecule has 1 aromatic heterocycles. The fourth-order valence-electron chi connectivity index (χ4n) is 3.90. The summed E-state index contributed by atoms with van der Waals surface area (Å²) in [6.07, 6.45) is 2.97. The Morgan fingerprint density at radius 3 is 2.84 bits per heavy atom. The Bertz CT molecular complexity index is 1210. The van der Waals surface area contributed by atoms with E-state index >= 15 is 0 Å². The van der Waals surface area contributed by atoms with Crippen LogP contribution in [0.25, 0.3) is 0 Å². The topological polar surface area (TPSA) is 101 Å². The van der Waals surface area contributed by atoms with Crippen LogP contribution in [0.1, 0.15) is 30.0 Å². The zero-order valence-corrected chi connectivity index (χ0v) is 19.6. The Labute approximate surface area is 193 Å². The summed E-state index contributed by atoms with van der Waals surface area (Å²) in [6, 6.07) is 2.57. The molecule has 12 heteroatoms. The molecule has 0 aliphatic carbocycles. The van der Waals surface area contributed by atoms with Gasteiger partial charge in [0.2, 0.25) is 10.0 Å². The highest BCUT2D eigenvalue weighted by atomic mass is 35.5. The van der Waals surface area contributed by atoms with Gasteiger partial charge < -0.3 is 9.64 Å². The summed E-state index contributed by atoms with van der Waals surface area (Å²) >= 11 is 7.70. The third-order valence-corrected chi connectivity index (χ3v) is 6.87. The number of rotatable bonds is 6. The van der Waals surface area contributed by atoms with E-state index < -0.39 is 33.9 Å². The van der Waals surface area contributed by atoms with Crippen LogP contribution in [-0.4, -0.2) is 55.6 Å². The van der Waals surface area contributed by atoms with E-state index in [0.717, 1.165) is 12.3 Å². The molecule has 170 valence electrons. The first-order valence-corrected chi connectivity index (χ1v) is 12.9. The molecular weight excluding hydrogens is 479 g/mol. The first kappa shape index (κ1) is 22.8. The minimum Gasteiger partial charge on any atom is -0.463 e. The van der Waals surface area contributed by atoms with Gasteiger partial charge in [-0.3, -0.25) is 4.99 Å². The molecule has 2 atom stereocenters. The smallest absolute Gasteiger partial charge is 0.338 e. The maximum atomic E-state index is 13.7. The Kier molecular flexibility index (Phi) is 6.35. The number of thiazole rings is 1. The minimum atomic E-state index is -3.48. The summed E-state index contributed by atoms with van der Waals surface area (Å²) < 4.78 is 45.3. The lowest BCUT2D eigenvalue weighted by molar-refractivity contribution is -0.139. The van der Waals surface area contributed by atoms with Crippen LogP contribution in [0.5, 0.6) is 0 Å². The zero-order valence-electron chi connectivity index (χ0n) is 17.2. The number of nitrogens with one attached hydrogen (secondary N) is 1. The van der Waals surface area contributed by atoms with Gasteiger partial charge in [-0.05, 0) is 19.1 Å². The second-order valence-electron chi connectivity index (χ2n) is 7.34. The molecule has 0 spiro atoms. The molecule has 1 fully saturated rings. The van der Waals surface area contributed by atoms with Gasteiger partial charge in [0.1, 0.15) is 11.9 Å². The van der Waals surface area contributed by atoms with Gasteiger partial charge in [0, 0.05) is 46.9 Å². The third kappa shape index (κ3) is 4.56. The molecule has 1 saturated heterocycles. The molecule has 0 bridgehead atoms. The number of sulfonamides is 1. The van der Waals surface area contributed by atoms with Gasteiger partial charge in [0.05, 0.1) is 18.4 Å². The molecule has 0 unspecified atom stereocenters. The molecular formula is C20H20ClFN4O4S2. The molecule has 4 rings (SSSR count). The van der Waals surface area contributed by atoms with Crippen LogP contribution in [0.2, 0.25) is 5.02 Å². The van der Waals surface area contributed by atoms with Crippen LogP contribution >= 0.6 is 22.9 Å². The molecule has 0 amide bonds. The average molecular weight is 499 g/mol. The number of benzene rings is 1. The fraction of sp³-hybridized carbons (Fsp3) is 0.350. The van der Waals surface area contributed by atoms with E-state index in [2.05, 4.69) is 9.71 Å². The number of aromatic nitrogens is 1. The van der Waals surface area contributed by atoms with E-state index in [1.165, 1.54) is 23.5 Å². The number of amidine groups is 1. The van der Waals surface area contributed by atoms with E-state index in [1.54, 1.807) is 23.4 Å². The first-order chi connectivity index (χ1) is 15.2. The van der Waals surface area contributed by atoms with Gasteiger partial charge in [-0.2, -0.15) is 0 Å². The van der Waals surface area contributed by atoms with E-state index in [9.17, 15) is 17.6 Å². The molecule has 2 aromatic rings. The predicted octanol–water partition coefficient (Wildman–Crippen LogP) is 2.88. The van der Waals surface area contributed by atoms with Gasteiger partial charge in [-0.25, -0.2) is 27.3 Å². The van der Waals surface area contributed by atoms with E-state index in [-0.39, 0.29) is 30.2 Å². The second kappa shape index (κ2) is 8.89. The quantitative estimate of drug-likeness (QED) is 0.614. The van der Waals surface area contributed by atoms with Crippen molar-refractivity contribution in [3.05, 3.63) is 62.5 Å². The number of hydrogen-bond donors (Lipinski definition) is 1. The molecule has 2 aliphatic rings. The number of nitrogens with zero attached hydrogens (tertiary/aromatic N) is 3. The largest absolute Gasteiger partial charge is 0.463 e. The van der Waals surface area contributed by atoms with Gasteiger partial charge >= 0.3 is 5.97 Å². The zero-order chi connectivity index (χ0) is 23.0. The van der Waals surface area contributed by atoms with Crippen molar-refractivity contribution in [2.75, 3.05) is 19.4 Å². The fourth-order valence-corrected chi connectivity index (χ4v) is 5.57. The number of aliphatic imine (C=N–C) groups is 1. The second-order valence-corrected chi connectivity index (χ2v) is 10.4. The van der Waals surface area contributed by atoms with E-state index in [4.69, 9.17) is 21.3 Å². The Hall–Kier alpha value is -2.34. The van der Waals surface area contributed by atoms with Gasteiger partial charge in [-0.15, -0.1) is 11.3 Å². The summed E-state index contributed by atoms with van der Waals surface area (Å²) in [7, 11) is -3.48. The number of carbonyl (C=O) groups excluding carboxylic acids is 1. The molecule has 32 heavy (non-hydrogen) atoms. The average Bonchev–Trinajstić information content (AvgIpc) is 3.35. The normalized spacial score (nSPS) is 20.9. The van der Waals surface area contributed by atoms with Crippen molar-refractivity contribution in [3.8, 4) is 0 Å².